The summed E-state index contributed by atoms with van der Waals surface area (Å²) in [5.74, 6) is 2.73. The summed E-state index contributed by atoms with van der Waals surface area (Å²) in [5, 5.41) is 20.3. The molecule has 0 radical (unpaired) electrons. The highest BCUT2D eigenvalue weighted by molar-refractivity contribution is 6.31. The number of rotatable bonds is 6. The Bertz CT molecular complexity index is 902. The molecule has 0 spiro atoms. The molecule has 0 aromatic heterocycles. The molecular weight excluding hydrogens is 424 g/mol. The molecule has 2 saturated carbocycles. The molecule has 0 amide bonds. The molecule has 3 aliphatic rings. The van der Waals surface area contributed by atoms with E-state index in [0.717, 1.165) is 40.2 Å². The van der Waals surface area contributed by atoms with Gasteiger partial charge in [-0.05, 0) is 66.0 Å². The zero-order chi connectivity index (χ0) is 22.1. The first kappa shape index (κ1) is 22.2. The van der Waals surface area contributed by atoms with Crippen molar-refractivity contribution in [1.29, 1.82) is 0 Å². The summed E-state index contributed by atoms with van der Waals surface area (Å²) in [6.07, 6.45) is 7.68. The standard InChI is InChI=1S/C27H33ClO4/c28-26-9-6-20(27-15-22(30)14-25(16-29)32-27)11-21(26)10-17-4-7-23(8-5-17)31-24-12-18-2-1-3-19(18)13-24/h4-9,11,18-19,22,24-25,27,29-30H,1-3,10,12-16H2/t18?,19?,22-,24?,25-,27+/m0/s1. The number of fused-ring (bicyclic) bond motifs is 1. The van der Waals surface area contributed by atoms with Gasteiger partial charge in [0.25, 0.3) is 0 Å². The summed E-state index contributed by atoms with van der Waals surface area (Å²) in [5.41, 5.74) is 3.21. The van der Waals surface area contributed by atoms with Crippen LogP contribution in [-0.4, -0.2) is 35.1 Å². The molecule has 1 saturated heterocycles. The van der Waals surface area contributed by atoms with Gasteiger partial charge < -0.3 is 19.7 Å². The van der Waals surface area contributed by atoms with Crippen LogP contribution in [0.25, 0.3) is 0 Å². The minimum Gasteiger partial charge on any atom is -0.490 e. The minimum atomic E-state index is -0.461. The van der Waals surface area contributed by atoms with Crippen molar-refractivity contribution in [3.63, 3.8) is 0 Å². The first-order valence-electron chi connectivity index (χ1n) is 12.1. The van der Waals surface area contributed by atoms with Gasteiger partial charge in [0, 0.05) is 17.9 Å². The third kappa shape index (κ3) is 4.99. The van der Waals surface area contributed by atoms with Gasteiger partial charge >= 0.3 is 0 Å². The minimum absolute atomic E-state index is 0.0788. The largest absolute Gasteiger partial charge is 0.490 e. The summed E-state index contributed by atoms with van der Waals surface area (Å²) in [4.78, 5) is 0. The Morgan fingerprint density at radius 2 is 1.72 bits per heavy atom. The van der Waals surface area contributed by atoms with E-state index in [0.29, 0.717) is 18.9 Å². The molecular formula is C27H33ClO4. The Labute approximate surface area is 195 Å². The Hall–Kier alpha value is -1.59. The van der Waals surface area contributed by atoms with Gasteiger partial charge in [-0.3, -0.25) is 0 Å². The third-order valence-corrected chi connectivity index (χ3v) is 7.96. The molecule has 5 heteroatoms. The Kier molecular flexibility index (Phi) is 6.75. The monoisotopic (exact) mass is 456 g/mol. The van der Waals surface area contributed by atoms with Crippen molar-refractivity contribution in [1.82, 2.24) is 0 Å². The SMILES string of the molecule is OC[C@@H]1C[C@H](O)C[C@H](c2ccc(Cl)c(Cc3ccc(OC4CC5CCCC5C4)cc3)c2)O1. The van der Waals surface area contributed by atoms with E-state index in [1.807, 2.05) is 12.1 Å². The molecule has 2 aromatic rings. The van der Waals surface area contributed by atoms with Crippen molar-refractivity contribution >= 4 is 11.6 Å². The molecule has 32 heavy (non-hydrogen) atoms. The maximum atomic E-state index is 10.1. The predicted molar refractivity (Wildman–Crippen MR) is 125 cm³/mol. The Balaban J connectivity index is 1.23. The third-order valence-electron chi connectivity index (χ3n) is 7.59. The van der Waals surface area contributed by atoms with E-state index in [1.165, 1.54) is 37.7 Å². The lowest BCUT2D eigenvalue weighted by molar-refractivity contribution is -0.113. The highest BCUT2D eigenvalue weighted by Crippen LogP contribution is 2.45. The second kappa shape index (κ2) is 9.72. The summed E-state index contributed by atoms with van der Waals surface area (Å²) < 4.78 is 12.3. The van der Waals surface area contributed by atoms with Crippen LogP contribution in [0.5, 0.6) is 5.75 Å². The van der Waals surface area contributed by atoms with Crippen molar-refractivity contribution < 1.29 is 19.7 Å². The molecule has 5 atom stereocenters. The molecule has 5 rings (SSSR count). The van der Waals surface area contributed by atoms with Crippen LogP contribution < -0.4 is 4.74 Å². The van der Waals surface area contributed by atoms with E-state index in [2.05, 4.69) is 30.3 Å². The summed E-state index contributed by atoms with van der Waals surface area (Å²) in [7, 11) is 0. The van der Waals surface area contributed by atoms with Crippen LogP contribution in [0.4, 0.5) is 0 Å². The lowest BCUT2D eigenvalue weighted by Crippen LogP contribution is -2.33. The quantitative estimate of drug-likeness (QED) is 0.605. The highest BCUT2D eigenvalue weighted by atomic mass is 35.5. The molecule has 2 aromatic carbocycles. The zero-order valence-electron chi connectivity index (χ0n) is 18.5. The highest BCUT2D eigenvalue weighted by Gasteiger charge is 2.38. The fraction of sp³-hybridized carbons (Fsp3) is 0.556. The van der Waals surface area contributed by atoms with Gasteiger partial charge in [0.15, 0.2) is 0 Å². The molecule has 172 valence electrons. The van der Waals surface area contributed by atoms with Gasteiger partial charge in [-0.2, -0.15) is 0 Å². The molecule has 2 N–H and O–H groups in total. The lowest BCUT2D eigenvalue weighted by Gasteiger charge is -2.32. The van der Waals surface area contributed by atoms with E-state index in [1.54, 1.807) is 0 Å². The Morgan fingerprint density at radius 3 is 2.44 bits per heavy atom. The number of hydrogen-bond acceptors (Lipinski definition) is 4. The molecule has 3 fully saturated rings. The van der Waals surface area contributed by atoms with Crippen LogP contribution in [0.15, 0.2) is 42.5 Å². The summed E-state index contributed by atoms with van der Waals surface area (Å²) in [6, 6.07) is 14.3. The van der Waals surface area contributed by atoms with E-state index < -0.39 is 6.10 Å². The smallest absolute Gasteiger partial charge is 0.119 e. The maximum Gasteiger partial charge on any atom is 0.119 e. The van der Waals surface area contributed by atoms with Gasteiger partial charge in [0.1, 0.15) is 5.75 Å². The topological polar surface area (TPSA) is 58.9 Å². The number of aliphatic hydroxyl groups excluding tert-OH is 2. The number of aliphatic hydroxyl groups is 2. The summed E-state index contributed by atoms with van der Waals surface area (Å²) >= 11 is 6.51. The fourth-order valence-electron chi connectivity index (χ4n) is 5.95. The average Bonchev–Trinajstić information content (AvgIpc) is 3.38. The first-order valence-corrected chi connectivity index (χ1v) is 12.4. The molecule has 2 unspecified atom stereocenters. The number of halogens is 1. The van der Waals surface area contributed by atoms with E-state index in [4.69, 9.17) is 21.1 Å². The van der Waals surface area contributed by atoms with Gasteiger partial charge in [-0.25, -0.2) is 0 Å². The second-order valence-corrected chi connectivity index (χ2v) is 10.3. The van der Waals surface area contributed by atoms with Gasteiger partial charge in [0.2, 0.25) is 0 Å². The molecule has 1 aliphatic heterocycles. The summed E-state index contributed by atoms with van der Waals surface area (Å²) in [6.45, 7) is -0.0788. The number of hydrogen-bond donors (Lipinski definition) is 2. The van der Waals surface area contributed by atoms with Crippen LogP contribution in [-0.2, 0) is 11.2 Å². The maximum absolute atomic E-state index is 10.1. The molecule has 2 aliphatic carbocycles. The van der Waals surface area contributed by atoms with Crippen LogP contribution in [0, 0.1) is 11.8 Å². The van der Waals surface area contributed by atoms with Crippen LogP contribution >= 0.6 is 11.6 Å². The molecule has 0 bridgehead atoms. The average molecular weight is 457 g/mol. The van der Waals surface area contributed by atoms with Gasteiger partial charge in [0.05, 0.1) is 31.0 Å². The van der Waals surface area contributed by atoms with Crippen molar-refractivity contribution in [2.24, 2.45) is 11.8 Å². The van der Waals surface area contributed by atoms with Crippen LogP contribution in [0.3, 0.4) is 0 Å². The van der Waals surface area contributed by atoms with Crippen molar-refractivity contribution in [3.05, 3.63) is 64.2 Å². The van der Waals surface area contributed by atoms with Crippen LogP contribution in [0.1, 0.15) is 67.7 Å². The lowest BCUT2D eigenvalue weighted by atomic mass is 9.94. The van der Waals surface area contributed by atoms with E-state index in [-0.39, 0.29) is 18.8 Å². The van der Waals surface area contributed by atoms with Crippen molar-refractivity contribution in [3.8, 4) is 5.75 Å². The van der Waals surface area contributed by atoms with Crippen LogP contribution in [0.2, 0.25) is 5.02 Å². The number of benzene rings is 2. The molecule has 4 nitrogen and oxygen atoms in total. The fourth-order valence-corrected chi connectivity index (χ4v) is 6.14. The normalized spacial score (nSPS) is 32.1. The van der Waals surface area contributed by atoms with Crippen molar-refractivity contribution in [2.45, 2.75) is 75.8 Å². The predicted octanol–water partition coefficient (Wildman–Crippen LogP) is 5.46. The first-order chi connectivity index (χ1) is 15.6. The number of ether oxygens (including phenoxy) is 2. The van der Waals surface area contributed by atoms with Gasteiger partial charge in [-0.1, -0.05) is 55.1 Å². The Morgan fingerprint density at radius 1 is 0.969 bits per heavy atom. The van der Waals surface area contributed by atoms with E-state index in [9.17, 15) is 10.2 Å². The van der Waals surface area contributed by atoms with Crippen molar-refractivity contribution in [2.75, 3.05) is 6.61 Å². The zero-order valence-corrected chi connectivity index (χ0v) is 19.2. The second-order valence-electron chi connectivity index (χ2n) is 9.89. The molecule has 1 heterocycles. The van der Waals surface area contributed by atoms with Gasteiger partial charge in [-0.15, -0.1) is 0 Å². The van der Waals surface area contributed by atoms with E-state index >= 15 is 0 Å².